The highest BCUT2D eigenvalue weighted by Crippen LogP contribution is 2.19. The fourth-order valence-corrected chi connectivity index (χ4v) is 1.73. The first kappa shape index (κ1) is 11.6. The number of aryl methyl sites for hydroxylation is 1. The first-order valence-corrected chi connectivity index (χ1v) is 5.45. The SMILES string of the molecule is COc1ccccc1Cc1nc(CN)nn1C. The van der Waals surface area contributed by atoms with Crippen molar-refractivity contribution in [1.82, 2.24) is 14.8 Å². The van der Waals surface area contributed by atoms with Crippen LogP contribution in [0.3, 0.4) is 0 Å². The number of nitrogens with zero attached hydrogens (tertiary/aromatic N) is 3. The summed E-state index contributed by atoms with van der Waals surface area (Å²) < 4.78 is 7.07. The summed E-state index contributed by atoms with van der Waals surface area (Å²) in [5, 5.41) is 4.22. The Kier molecular flexibility index (Phi) is 3.39. The van der Waals surface area contributed by atoms with E-state index in [1.54, 1.807) is 11.8 Å². The molecule has 1 aromatic carbocycles. The standard InChI is InChI=1S/C12H16N4O/c1-16-12(14-11(8-13)15-16)7-9-5-3-4-6-10(9)17-2/h3-6H,7-8,13H2,1-2H3. The lowest BCUT2D eigenvalue weighted by molar-refractivity contribution is 0.410. The third-order valence-electron chi connectivity index (χ3n) is 2.62. The Morgan fingerprint density at radius 3 is 2.76 bits per heavy atom. The molecule has 90 valence electrons. The zero-order valence-electron chi connectivity index (χ0n) is 10.1. The van der Waals surface area contributed by atoms with E-state index in [9.17, 15) is 0 Å². The molecule has 1 aromatic heterocycles. The third kappa shape index (κ3) is 2.45. The number of benzene rings is 1. The molecule has 0 saturated carbocycles. The highest BCUT2D eigenvalue weighted by molar-refractivity contribution is 5.35. The van der Waals surface area contributed by atoms with E-state index in [0.717, 1.165) is 17.1 Å². The summed E-state index contributed by atoms with van der Waals surface area (Å²) in [7, 11) is 3.54. The summed E-state index contributed by atoms with van der Waals surface area (Å²) in [5.74, 6) is 2.41. The molecule has 0 atom stereocenters. The molecule has 0 amide bonds. The van der Waals surface area contributed by atoms with Crippen molar-refractivity contribution in [2.45, 2.75) is 13.0 Å². The van der Waals surface area contributed by atoms with Gasteiger partial charge in [0.25, 0.3) is 0 Å². The molecule has 0 spiro atoms. The molecule has 0 saturated heterocycles. The molecule has 2 rings (SSSR count). The van der Waals surface area contributed by atoms with Crippen LogP contribution in [0.4, 0.5) is 0 Å². The molecular weight excluding hydrogens is 216 g/mol. The van der Waals surface area contributed by atoms with Gasteiger partial charge in [-0.15, -0.1) is 0 Å². The molecule has 17 heavy (non-hydrogen) atoms. The van der Waals surface area contributed by atoms with Crippen molar-refractivity contribution in [3.63, 3.8) is 0 Å². The maximum absolute atomic E-state index is 5.52. The lowest BCUT2D eigenvalue weighted by Gasteiger charge is -2.06. The van der Waals surface area contributed by atoms with Crippen molar-refractivity contribution in [3.05, 3.63) is 41.5 Å². The summed E-state index contributed by atoms with van der Waals surface area (Å²) in [6, 6.07) is 7.90. The fraction of sp³-hybridized carbons (Fsp3) is 0.333. The second-order valence-electron chi connectivity index (χ2n) is 3.76. The molecule has 0 aliphatic carbocycles. The number of aromatic nitrogens is 3. The van der Waals surface area contributed by atoms with Gasteiger partial charge in [0.2, 0.25) is 0 Å². The molecule has 0 unspecified atom stereocenters. The van der Waals surface area contributed by atoms with Gasteiger partial charge in [0, 0.05) is 19.0 Å². The van der Waals surface area contributed by atoms with Gasteiger partial charge in [0.05, 0.1) is 13.7 Å². The van der Waals surface area contributed by atoms with Gasteiger partial charge < -0.3 is 10.5 Å². The van der Waals surface area contributed by atoms with E-state index in [1.165, 1.54) is 0 Å². The number of nitrogens with two attached hydrogens (primary N) is 1. The molecule has 5 nitrogen and oxygen atoms in total. The molecule has 0 aliphatic rings. The number of rotatable bonds is 4. The van der Waals surface area contributed by atoms with Crippen LogP contribution in [0, 0.1) is 0 Å². The van der Waals surface area contributed by atoms with Gasteiger partial charge in [-0.25, -0.2) is 4.98 Å². The predicted molar refractivity (Wildman–Crippen MR) is 64.7 cm³/mol. The molecule has 2 N–H and O–H groups in total. The average Bonchev–Trinajstić information content (AvgIpc) is 2.71. The van der Waals surface area contributed by atoms with E-state index in [4.69, 9.17) is 10.5 Å². The highest BCUT2D eigenvalue weighted by atomic mass is 16.5. The van der Waals surface area contributed by atoms with Crippen molar-refractivity contribution in [3.8, 4) is 5.75 Å². The average molecular weight is 232 g/mol. The zero-order valence-corrected chi connectivity index (χ0v) is 10.1. The van der Waals surface area contributed by atoms with Crippen LogP contribution in [0.2, 0.25) is 0 Å². The van der Waals surface area contributed by atoms with E-state index in [2.05, 4.69) is 10.1 Å². The molecule has 5 heteroatoms. The van der Waals surface area contributed by atoms with Crippen LogP contribution in [0.25, 0.3) is 0 Å². The van der Waals surface area contributed by atoms with Crippen LogP contribution in [0.5, 0.6) is 5.75 Å². The van der Waals surface area contributed by atoms with Gasteiger partial charge in [-0.2, -0.15) is 5.10 Å². The summed E-state index contributed by atoms with van der Waals surface area (Å²) in [6.45, 7) is 0.361. The van der Waals surface area contributed by atoms with Crippen molar-refractivity contribution < 1.29 is 4.74 Å². The Morgan fingerprint density at radius 2 is 2.12 bits per heavy atom. The third-order valence-corrected chi connectivity index (χ3v) is 2.62. The number of hydrogen-bond donors (Lipinski definition) is 1. The predicted octanol–water partition coefficient (Wildman–Crippen LogP) is 0.873. The van der Waals surface area contributed by atoms with Crippen LogP contribution < -0.4 is 10.5 Å². The maximum atomic E-state index is 5.52. The van der Waals surface area contributed by atoms with Gasteiger partial charge in [0.15, 0.2) is 5.82 Å². The Hall–Kier alpha value is -1.88. The minimum Gasteiger partial charge on any atom is -0.496 e. The molecule has 1 heterocycles. The number of para-hydroxylation sites is 1. The quantitative estimate of drug-likeness (QED) is 0.849. The molecular formula is C12H16N4O. The van der Waals surface area contributed by atoms with Crippen LogP contribution >= 0.6 is 0 Å². The second-order valence-corrected chi connectivity index (χ2v) is 3.76. The van der Waals surface area contributed by atoms with Gasteiger partial charge in [0.1, 0.15) is 11.6 Å². The zero-order chi connectivity index (χ0) is 12.3. The van der Waals surface area contributed by atoms with Gasteiger partial charge >= 0.3 is 0 Å². The number of ether oxygens (including phenoxy) is 1. The van der Waals surface area contributed by atoms with E-state index >= 15 is 0 Å². The van der Waals surface area contributed by atoms with Crippen molar-refractivity contribution in [2.24, 2.45) is 12.8 Å². The van der Waals surface area contributed by atoms with E-state index in [0.29, 0.717) is 18.8 Å². The molecule has 0 radical (unpaired) electrons. The van der Waals surface area contributed by atoms with Crippen LogP contribution in [-0.4, -0.2) is 21.9 Å². The minimum absolute atomic E-state index is 0.361. The van der Waals surface area contributed by atoms with E-state index < -0.39 is 0 Å². The monoisotopic (exact) mass is 232 g/mol. The molecule has 2 aromatic rings. The second kappa shape index (κ2) is 4.97. The Morgan fingerprint density at radius 1 is 1.35 bits per heavy atom. The first-order valence-electron chi connectivity index (χ1n) is 5.45. The number of hydrogen-bond acceptors (Lipinski definition) is 4. The highest BCUT2D eigenvalue weighted by Gasteiger charge is 2.09. The maximum Gasteiger partial charge on any atom is 0.164 e. The molecule has 0 aliphatic heterocycles. The van der Waals surface area contributed by atoms with Crippen molar-refractivity contribution in [1.29, 1.82) is 0 Å². The van der Waals surface area contributed by atoms with Crippen LogP contribution in [0.1, 0.15) is 17.2 Å². The van der Waals surface area contributed by atoms with Crippen molar-refractivity contribution >= 4 is 0 Å². The smallest absolute Gasteiger partial charge is 0.164 e. The fourth-order valence-electron chi connectivity index (χ4n) is 1.73. The van der Waals surface area contributed by atoms with Crippen molar-refractivity contribution in [2.75, 3.05) is 7.11 Å². The Labute approximate surface area is 100 Å². The Balaban J connectivity index is 2.27. The summed E-state index contributed by atoms with van der Waals surface area (Å²) in [4.78, 5) is 4.37. The van der Waals surface area contributed by atoms with Crippen LogP contribution in [0.15, 0.2) is 24.3 Å². The topological polar surface area (TPSA) is 66.0 Å². The van der Waals surface area contributed by atoms with Gasteiger partial charge in [-0.05, 0) is 6.07 Å². The largest absolute Gasteiger partial charge is 0.496 e. The normalized spacial score (nSPS) is 10.5. The summed E-state index contributed by atoms with van der Waals surface area (Å²) in [5.41, 5.74) is 6.61. The van der Waals surface area contributed by atoms with Crippen LogP contribution in [-0.2, 0) is 20.0 Å². The van der Waals surface area contributed by atoms with E-state index in [-0.39, 0.29) is 0 Å². The van der Waals surface area contributed by atoms with Gasteiger partial charge in [-0.1, -0.05) is 18.2 Å². The van der Waals surface area contributed by atoms with E-state index in [1.807, 2.05) is 31.3 Å². The first-order chi connectivity index (χ1) is 8.24. The lowest BCUT2D eigenvalue weighted by Crippen LogP contribution is -2.02. The summed E-state index contributed by atoms with van der Waals surface area (Å²) >= 11 is 0. The number of methoxy groups -OCH3 is 1. The molecule has 0 fully saturated rings. The summed E-state index contributed by atoms with van der Waals surface area (Å²) in [6.07, 6.45) is 0.688. The minimum atomic E-state index is 0.361. The van der Waals surface area contributed by atoms with Gasteiger partial charge in [-0.3, -0.25) is 4.68 Å². The Bertz CT molecular complexity index is 507. The lowest BCUT2D eigenvalue weighted by atomic mass is 10.1. The molecule has 0 bridgehead atoms.